The van der Waals surface area contributed by atoms with Gasteiger partial charge in [0, 0.05) is 0 Å². The molecule has 10 heavy (non-hydrogen) atoms. The summed E-state index contributed by atoms with van der Waals surface area (Å²) < 4.78 is 5.28. The van der Waals surface area contributed by atoms with E-state index in [9.17, 15) is 5.11 Å². The van der Waals surface area contributed by atoms with Crippen LogP contribution in [0.5, 0.6) is 0 Å². The minimum absolute atomic E-state index is 0. The summed E-state index contributed by atoms with van der Waals surface area (Å²) in [6.07, 6.45) is 1.08. The predicted molar refractivity (Wildman–Crippen MR) is 39.4 cm³/mol. The molecular weight excluding hydrogens is 154 g/mol. The number of nitrogens with one attached hydrogen (secondary N) is 1. The van der Waals surface area contributed by atoms with E-state index in [1.165, 1.54) is 0 Å². The molecule has 0 aliphatic carbocycles. The molecule has 2 saturated heterocycles. The summed E-state index contributed by atoms with van der Waals surface area (Å²) in [6, 6.07) is 0.227. The zero-order chi connectivity index (χ0) is 6.27. The summed E-state index contributed by atoms with van der Waals surface area (Å²) in [5.41, 5.74) is 0. The molecule has 2 aliphatic rings. The zero-order valence-electron chi connectivity index (χ0n) is 5.62. The number of hydrogen-bond donors (Lipinski definition) is 2. The Morgan fingerprint density at radius 2 is 2.30 bits per heavy atom. The number of hydrogen-bond acceptors (Lipinski definition) is 3. The average Bonchev–Trinajstić information content (AvgIpc) is 2.35. The summed E-state index contributed by atoms with van der Waals surface area (Å²) in [4.78, 5) is 0. The third-order valence-corrected chi connectivity index (χ3v) is 2.11. The maximum absolute atomic E-state index is 9.21. The molecule has 2 rings (SSSR count). The van der Waals surface area contributed by atoms with Gasteiger partial charge in [-0.25, -0.2) is 0 Å². The Morgan fingerprint density at radius 1 is 1.50 bits per heavy atom. The SMILES string of the molecule is Cl.O[C@H]1CO[C@@H]2CCN[C@H]12. The first-order valence-electron chi connectivity index (χ1n) is 3.41. The quantitative estimate of drug-likeness (QED) is 0.510. The summed E-state index contributed by atoms with van der Waals surface area (Å²) in [5, 5.41) is 12.4. The fourth-order valence-corrected chi connectivity index (χ4v) is 1.60. The van der Waals surface area contributed by atoms with Crippen LogP contribution in [0.4, 0.5) is 0 Å². The van der Waals surface area contributed by atoms with Crippen LogP contribution in [0.25, 0.3) is 0 Å². The van der Waals surface area contributed by atoms with Gasteiger partial charge in [-0.3, -0.25) is 0 Å². The van der Waals surface area contributed by atoms with Crippen molar-refractivity contribution in [3.63, 3.8) is 0 Å². The van der Waals surface area contributed by atoms with E-state index in [0.717, 1.165) is 13.0 Å². The molecule has 0 aromatic rings. The van der Waals surface area contributed by atoms with Crippen LogP contribution in [0, 0.1) is 0 Å². The van der Waals surface area contributed by atoms with Gasteiger partial charge >= 0.3 is 0 Å². The van der Waals surface area contributed by atoms with Crippen LogP contribution in [0.3, 0.4) is 0 Å². The number of aliphatic hydroxyl groups is 1. The first kappa shape index (κ1) is 8.27. The highest BCUT2D eigenvalue weighted by Crippen LogP contribution is 2.21. The van der Waals surface area contributed by atoms with Crippen molar-refractivity contribution >= 4 is 12.4 Å². The van der Waals surface area contributed by atoms with Gasteiger partial charge in [0.2, 0.25) is 0 Å². The lowest BCUT2D eigenvalue weighted by molar-refractivity contribution is 0.0875. The van der Waals surface area contributed by atoms with Crippen LogP contribution >= 0.6 is 12.4 Å². The van der Waals surface area contributed by atoms with Gasteiger partial charge in [-0.1, -0.05) is 0 Å². The normalized spacial score (nSPS) is 44.7. The van der Waals surface area contributed by atoms with Gasteiger partial charge in [0.1, 0.15) is 0 Å². The minimum Gasteiger partial charge on any atom is -0.389 e. The highest BCUT2D eigenvalue weighted by molar-refractivity contribution is 5.85. The second-order valence-electron chi connectivity index (χ2n) is 2.71. The highest BCUT2D eigenvalue weighted by Gasteiger charge is 2.38. The van der Waals surface area contributed by atoms with Crippen molar-refractivity contribution in [2.45, 2.75) is 24.7 Å². The van der Waals surface area contributed by atoms with Crippen molar-refractivity contribution in [3.8, 4) is 0 Å². The number of halogens is 1. The Balaban J connectivity index is 0.000000500. The van der Waals surface area contributed by atoms with Gasteiger partial charge in [0.25, 0.3) is 0 Å². The van der Waals surface area contributed by atoms with E-state index >= 15 is 0 Å². The lowest BCUT2D eigenvalue weighted by Gasteiger charge is -2.09. The molecule has 2 aliphatic heterocycles. The summed E-state index contributed by atoms with van der Waals surface area (Å²) in [7, 11) is 0. The van der Waals surface area contributed by atoms with Crippen LogP contribution in [-0.2, 0) is 4.74 Å². The van der Waals surface area contributed by atoms with Gasteiger partial charge in [0.05, 0.1) is 24.9 Å². The summed E-state index contributed by atoms with van der Waals surface area (Å²) in [5.74, 6) is 0. The molecule has 0 amide bonds. The third-order valence-electron chi connectivity index (χ3n) is 2.11. The molecule has 2 N–H and O–H groups in total. The fourth-order valence-electron chi connectivity index (χ4n) is 1.60. The molecular formula is C6H12ClNO2. The molecule has 0 aromatic carbocycles. The van der Waals surface area contributed by atoms with Gasteiger partial charge in [0.15, 0.2) is 0 Å². The molecule has 4 heteroatoms. The van der Waals surface area contributed by atoms with Crippen molar-refractivity contribution in [1.82, 2.24) is 5.32 Å². The van der Waals surface area contributed by atoms with Gasteiger partial charge in [-0.15, -0.1) is 12.4 Å². The lowest BCUT2D eigenvalue weighted by atomic mass is 10.1. The Hall–Kier alpha value is 0.170. The van der Waals surface area contributed by atoms with E-state index in [0.29, 0.717) is 12.7 Å². The van der Waals surface area contributed by atoms with E-state index in [4.69, 9.17) is 4.74 Å². The maximum atomic E-state index is 9.21. The van der Waals surface area contributed by atoms with Gasteiger partial charge in [-0.05, 0) is 13.0 Å². The Bertz CT molecular complexity index is 122. The Morgan fingerprint density at radius 3 is 3.00 bits per heavy atom. The monoisotopic (exact) mass is 165 g/mol. The van der Waals surface area contributed by atoms with E-state index in [1.54, 1.807) is 0 Å². The third kappa shape index (κ3) is 1.14. The molecule has 2 heterocycles. The van der Waals surface area contributed by atoms with Crippen molar-refractivity contribution < 1.29 is 9.84 Å². The molecule has 0 spiro atoms. The van der Waals surface area contributed by atoms with Crippen molar-refractivity contribution in [1.29, 1.82) is 0 Å². The maximum Gasteiger partial charge on any atom is 0.0951 e. The second-order valence-corrected chi connectivity index (χ2v) is 2.71. The van der Waals surface area contributed by atoms with E-state index in [-0.39, 0.29) is 24.6 Å². The molecule has 3 atom stereocenters. The highest BCUT2D eigenvalue weighted by atomic mass is 35.5. The topological polar surface area (TPSA) is 41.5 Å². The van der Waals surface area contributed by atoms with E-state index < -0.39 is 0 Å². The molecule has 0 bridgehead atoms. The first-order valence-corrected chi connectivity index (χ1v) is 3.41. The van der Waals surface area contributed by atoms with Crippen LogP contribution in [0.15, 0.2) is 0 Å². The molecule has 0 aromatic heterocycles. The second kappa shape index (κ2) is 3.05. The van der Waals surface area contributed by atoms with Gasteiger partial charge in [-0.2, -0.15) is 0 Å². The summed E-state index contributed by atoms with van der Waals surface area (Å²) >= 11 is 0. The number of aliphatic hydroxyl groups excluding tert-OH is 1. The first-order chi connectivity index (χ1) is 4.38. The largest absolute Gasteiger partial charge is 0.389 e. The Kier molecular flexibility index (Phi) is 2.52. The number of ether oxygens (including phenoxy) is 1. The molecule has 0 unspecified atom stereocenters. The van der Waals surface area contributed by atoms with E-state index in [1.807, 2.05) is 0 Å². The number of fused-ring (bicyclic) bond motifs is 1. The minimum atomic E-state index is -0.266. The van der Waals surface area contributed by atoms with Crippen molar-refractivity contribution in [3.05, 3.63) is 0 Å². The van der Waals surface area contributed by atoms with Crippen LogP contribution < -0.4 is 5.32 Å². The molecule has 0 radical (unpaired) electrons. The van der Waals surface area contributed by atoms with Gasteiger partial charge < -0.3 is 15.2 Å². The summed E-state index contributed by atoms with van der Waals surface area (Å²) in [6.45, 7) is 1.51. The van der Waals surface area contributed by atoms with Crippen LogP contribution in [-0.4, -0.2) is 36.5 Å². The predicted octanol–water partition coefficient (Wildman–Crippen LogP) is -0.470. The van der Waals surface area contributed by atoms with Crippen LogP contribution in [0.1, 0.15) is 6.42 Å². The zero-order valence-corrected chi connectivity index (χ0v) is 6.43. The molecule has 60 valence electrons. The average molecular weight is 166 g/mol. The molecule has 2 fully saturated rings. The van der Waals surface area contributed by atoms with Crippen molar-refractivity contribution in [2.75, 3.05) is 13.2 Å². The van der Waals surface area contributed by atoms with Crippen molar-refractivity contribution in [2.24, 2.45) is 0 Å². The number of rotatable bonds is 0. The van der Waals surface area contributed by atoms with E-state index in [2.05, 4.69) is 5.32 Å². The Labute approximate surface area is 66.2 Å². The smallest absolute Gasteiger partial charge is 0.0951 e. The fraction of sp³-hybridized carbons (Fsp3) is 1.00. The molecule has 3 nitrogen and oxygen atoms in total. The molecule has 0 saturated carbocycles. The standard InChI is InChI=1S/C6H11NO2.ClH/c8-4-3-9-5-1-2-7-6(4)5;/h4-8H,1-3H2;1H/t4-,5+,6+;/m0./s1. The van der Waals surface area contributed by atoms with Crippen LogP contribution in [0.2, 0.25) is 0 Å². The lowest BCUT2D eigenvalue weighted by Crippen LogP contribution is -2.36.